The molecule has 1 aliphatic rings. The van der Waals surface area contributed by atoms with E-state index in [1.54, 1.807) is 0 Å². The lowest BCUT2D eigenvalue weighted by molar-refractivity contribution is 0.0717. The predicted octanol–water partition coefficient (Wildman–Crippen LogP) is 1.13. The van der Waals surface area contributed by atoms with Crippen molar-refractivity contribution in [3.05, 3.63) is 0 Å². The van der Waals surface area contributed by atoms with E-state index in [-0.39, 0.29) is 0 Å². The second-order valence-electron chi connectivity index (χ2n) is 5.08. The Hall–Kier alpha value is -0.200. The molecule has 0 atom stereocenters. The van der Waals surface area contributed by atoms with Crippen molar-refractivity contribution in [2.45, 2.75) is 32.7 Å². The molecule has 1 rings (SSSR count). The van der Waals surface area contributed by atoms with Gasteiger partial charge in [0.1, 0.15) is 0 Å². The molecule has 0 aromatic heterocycles. The summed E-state index contributed by atoms with van der Waals surface area (Å²) in [5.74, 6) is 0. The second kappa shape index (κ2) is 12.5. The van der Waals surface area contributed by atoms with Gasteiger partial charge in [0.05, 0.1) is 13.2 Å². The van der Waals surface area contributed by atoms with Gasteiger partial charge in [-0.2, -0.15) is 0 Å². The molecule has 1 heterocycles. The van der Waals surface area contributed by atoms with E-state index in [4.69, 9.17) is 14.2 Å². The fraction of sp³-hybridized carbons (Fsp3) is 1.00. The van der Waals surface area contributed by atoms with Crippen LogP contribution in [-0.2, 0) is 14.2 Å². The first kappa shape index (κ1) is 17.9. The first-order chi connectivity index (χ1) is 9.86. The summed E-state index contributed by atoms with van der Waals surface area (Å²) in [4.78, 5) is 2.41. The summed E-state index contributed by atoms with van der Waals surface area (Å²) in [7, 11) is 0. The zero-order chi connectivity index (χ0) is 14.5. The zero-order valence-electron chi connectivity index (χ0n) is 13.2. The fourth-order valence-electron chi connectivity index (χ4n) is 2.34. The third-order valence-corrected chi connectivity index (χ3v) is 3.59. The summed E-state index contributed by atoms with van der Waals surface area (Å²) in [6.07, 6.45) is 2.27. The summed E-state index contributed by atoms with van der Waals surface area (Å²) in [6, 6.07) is 0.629. The van der Waals surface area contributed by atoms with Gasteiger partial charge in [0, 0.05) is 58.6 Å². The SMILES string of the molecule is CCOCCN(CCNC1CCOCC1)CCOCC. The lowest BCUT2D eigenvalue weighted by Crippen LogP contribution is -2.41. The minimum Gasteiger partial charge on any atom is -0.381 e. The van der Waals surface area contributed by atoms with Crippen molar-refractivity contribution in [2.24, 2.45) is 0 Å². The van der Waals surface area contributed by atoms with Crippen molar-refractivity contribution in [3.63, 3.8) is 0 Å². The Balaban J connectivity index is 2.12. The number of nitrogens with one attached hydrogen (secondary N) is 1. The quantitative estimate of drug-likeness (QED) is 0.545. The van der Waals surface area contributed by atoms with Gasteiger partial charge in [-0.3, -0.25) is 4.90 Å². The monoisotopic (exact) mass is 288 g/mol. The molecule has 1 N–H and O–H groups in total. The highest BCUT2D eigenvalue weighted by Crippen LogP contribution is 2.05. The van der Waals surface area contributed by atoms with Crippen LogP contribution in [0.15, 0.2) is 0 Å². The number of hydrogen-bond donors (Lipinski definition) is 1. The van der Waals surface area contributed by atoms with Gasteiger partial charge in [-0.1, -0.05) is 0 Å². The van der Waals surface area contributed by atoms with Crippen LogP contribution in [0, 0.1) is 0 Å². The topological polar surface area (TPSA) is 43.0 Å². The molecule has 0 bridgehead atoms. The molecule has 5 heteroatoms. The maximum absolute atomic E-state index is 5.45. The van der Waals surface area contributed by atoms with Crippen LogP contribution in [0.25, 0.3) is 0 Å². The lowest BCUT2D eigenvalue weighted by Gasteiger charge is -2.26. The van der Waals surface area contributed by atoms with Gasteiger partial charge in [-0.25, -0.2) is 0 Å². The van der Waals surface area contributed by atoms with Crippen LogP contribution in [-0.4, -0.2) is 76.8 Å². The van der Waals surface area contributed by atoms with Gasteiger partial charge in [0.2, 0.25) is 0 Å². The van der Waals surface area contributed by atoms with E-state index < -0.39 is 0 Å². The summed E-state index contributed by atoms with van der Waals surface area (Å²) in [6.45, 7) is 13.1. The van der Waals surface area contributed by atoms with Gasteiger partial charge in [-0.05, 0) is 26.7 Å². The molecule has 0 aliphatic carbocycles. The summed E-state index contributed by atoms with van der Waals surface area (Å²) in [5, 5.41) is 3.63. The van der Waals surface area contributed by atoms with Crippen LogP contribution < -0.4 is 5.32 Å². The Labute approximate surface area is 123 Å². The average Bonchev–Trinajstić information content (AvgIpc) is 2.48. The molecule has 0 amide bonds. The van der Waals surface area contributed by atoms with Crippen molar-refractivity contribution in [1.29, 1.82) is 0 Å². The average molecular weight is 288 g/mol. The summed E-state index contributed by atoms with van der Waals surface area (Å²) in [5.41, 5.74) is 0. The number of nitrogens with zero attached hydrogens (tertiary/aromatic N) is 1. The first-order valence-electron chi connectivity index (χ1n) is 8.05. The zero-order valence-corrected chi connectivity index (χ0v) is 13.2. The minimum absolute atomic E-state index is 0.629. The van der Waals surface area contributed by atoms with Crippen LogP contribution in [0.3, 0.4) is 0 Å². The van der Waals surface area contributed by atoms with Crippen molar-refractivity contribution in [1.82, 2.24) is 10.2 Å². The first-order valence-corrected chi connectivity index (χ1v) is 8.05. The van der Waals surface area contributed by atoms with Crippen LogP contribution in [0.5, 0.6) is 0 Å². The summed E-state index contributed by atoms with van der Waals surface area (Å²) < 4.78 is 16.3. The molecule has 120 valence electrons. The standard InChI is InChI=1S/C15H32N2O3/c1-3-18-13-9-17(10-14-19-4-2)8-7-16-15-5-11-20-12-6-15/h15-16H,3-14H2,1-2H3. The smallest absolute Gasteiger partial charge is 0.0593 e. The van der Waals surface area contributed by atoms with E-state index in [9.17, 15) is 0 Å². The number of ether oxygens (including phenoxy) is 3. The van der Waals surface area contributed by atoms with Crippen molar-refractivity contribution in [3.8, 4) is 0 Å². The molecule has 20 heavy (non-hydrogen) atoms. The highest BCUT2D eigenvalue weighted by atomic mass is 16.5. The van der Waals surface area contributed by atoms with Crippen LogP contribution in [0.1, 0.15) is 26.7 Å². The van der Waals surface area contributed by atoms with E-state index in [2.05, 4.69) is 10.2 Å². The van der Waals surface area contributed by atoms with Gasteiger partial charge in [-0.15, -0.1) is 0 Å². The van der Waals surface area contributed by atoms with E-state index in [1.165, 1.54) is 0 Å². The maximum Gasteiger partial charge on any atom is 0.0593 e. The van der Waals surface area contributed by atoms with Gasteiger partial charge in [0.25, 0.3) is 0 Å². The Bertz CT molecular complexity index is 201. The van der Waals surface area contributed by atoms with E-state index in [0.717, 1.165) is 78.7 Å². The molecule has 1 fully saturated rings. The van der Waals surface area contributed by atoms with Crippen molar-refractivity contribution < 1.29 is 14.2 Å². The highest BCUT2D eigenvalue weighted by Gasteiger charge is 2.13. The maximum atomic E-state index is 5.45. The van der Waals surface area contributed by atoms with Crippen LogP contribution in [0.2, 0.25) is 0 Å². The highest BCUT2D eigenvalue weighted by molar-refractivity contribution is 4.71. The predicted molar refractivity (Wildman–Crippen MR) is 81.3 cm³/mol. The number of rotatable bonds is 12. The fourth-order valence-corrected chi connectivity index (χ4v) is 2.34. The molecule has 1 aliphatic heterocycles. The van der Waals surface area contributed by atoms with Gasteiger partial charge < -0.3 is 19.5 Å². The largest absolute Gasteiger partial charge is 0.381 e. The van der Waals surface area contributed by atoms with Crippen molar-refractivity contribution >= 4 is 0 Å². The molecule has 0 saturated carbocycles. The lowest BCUT2D eigenvalue weighted by atomic mass is 10.1. The molecule has 0 unspecified atom stereocenters. The Kier molecular flexibility index (Phi) is 11.2. The summed E-state index contributed by atoms with van der Waals surface area (Å²) >= 11 is 0. The molecule has 5 nitrogen and oxygen atoms in total. The van der Waals surface area contributed by atoms with E-state index in [0.29, 0.717) is 6.04 Å². The molecule has 0 aromatic rings. The Morgan fingerprint density at radius 1 is 1.00 bits per heavy atom. The van der Waals surface area contributed by atoms with Gasteiger partial charge in [0.15, 0.2) is 0 Å². The Morgan fingerprint density at radius 2 is 1.60 bits per heavy atom. The van der Waals surface area contributed by atoms with E-state index in [1.807, 2.05) is 13.8 Å². The molecule has 0 aromatic carbocycles. The molecule has 0 radical (unpaired) electrons. The normalized spacial score (nSPS) is 16.9. The second-order valence-corrected chi connectivity index (χ2v) is 5.08. The van der Waals surface area contributed by atoms with Crippen LogP contribution in [0.4, 0.5) is 0 Å². The molecule has 1 saturated heterocycles. The van der Waals surface area contributed by atoms with Crippen molar-refractivity contribution in [2.75, 3.05) is 65.8 Å². The molecular weight excluding hydrogens is 256 g/mol. The van der Waals surface area contributed by atoms with Crippen LogP contribution >= 0.6 is 0 Å². The molecule has 0 spiro atoms. The number of hydrogen-bond acceptors (Lipinski definition) is 5. The molecular formula is C15H32N2O3. The Morgan fingerprint density at radius 3 is 2.15 bits per heavy atom. The third kappa shape index (κ3) is 8.87. The minimum atomic E-state index is 0.629. The van der Waals surface area contributed by atoms with E-state index >= 15 is 0 Å². The third-order valence-electron chi connectivity index (χ3n) is 3.59. The van der Waals surface area contributed by atoms with Gasteiger partial charge >= 0.3 is 0 Å².